The van der Waals surface area contributed by atoms with Gasteiger partial charge in [0.15, 0.2) is 11.5 Å². The van der Waals surface area contributed by atoms with Crippen molar-refractivity contribution in [3.05, 3.63) is 23.8 Å². The average molecular weight is 268 g/mol. The van der Waals surface area contributed by atoms with Gasteiger partial charge in [0.05, 0.1) is 25.9 Å². The molecule has 0 spiro atoms. The molecule has 1 N–H and O–H groups in total. The van der Waals surface area contributed by atoms with E-state index in [4.69, 9.17) is 19.3 Å². The molecule has 19 heavy (non-hydrogen) atoms. The van der Waals surface area contributed by atoms with Crippen LogP contribution in [0.4, 0.5) is 0 Å². The Hall–Kier alpha value is -1.26. The molecule has 0 amide bonds. The van der Waals surface area contributed by atoms with Gasteiger partial charge in [0.25, 0.3) is 0 Å². The third-order valence-corrected chi connectivity index (χ3v) is 2.73. The number of aryl methyl sites for hydroxylation is 1. The van der Waals surface area contributed by atoms with Crippen molar-refractivity contribution in [1.29, 1.82) is 0 Å². The van der Waals surface area contributed by atoms with E-state index in [0.717, 1.165) is 12.2 Å². The largest absolute Gasteiger partial charge is 0.493 e. The molecule has 0 fully saturated rings. The molecule has 0 aliphatic rings. The number of benzene rings is 1. The number of methoxy groups -OCH3 is 1. The fourth-order valence-electron chi connectivity index (χ4n) is 1.61. The maximum atomic E-state index is 9.14. The Morgan fingerprint density at radius 3 is 2.47 bits per heavy atom. The molecule has 108 valence electrons. The van der Waals surface area contributed by atoms with Crippen molar-refractivity contribution < 1.29 is 19.3 Å². The second kappa shape index (κ2) is 8.02. The molecule has 2 atom stereocenters. The normalized spacial score (nSPS) is 13.9. The maximum absolute atomic E-state index is 9.14. The second-order valence-electron chi connectivity index (χ2n) is 4.64. The van der Waals surface area contributed by atoms with Crippen LogP contribution in [0.1, 0.15) is 26.3 Å². The van der Waals surface area contributed by atoms with Crippen molar-refractivity contribution in [3.63, 3.8) is 0 Å². The lowest BCUT2D eigenvalue weighted by molar-refractivity contribution is -0.0135. The molecule has 1 aromatic carbocycles. The highest BCUT2D eigenvalue weighted by molar-refractivity contribution is 5.42. The van der Waals surface area contributed by atoms with E-state index in [-0.39, 0.29) is 6.10 Å². The Morgan fingerprint density at radius 1 is 1.16 bits per heavy atom. The van der Waals surface area contributed by atoms with E-state index in [1.165, 1.54) is 5.56 Å². The molecule has 0 saturated carbocycles. The van der Waals surface area contributed by atoms with Crippen molar-refractivity contribution in [2.45, 2.75) is 39.4 Å². The molecule has 0 aliphatic heterocycles. The fraction of sp³-hybridized carbons (Fsp3) is 0.600. The predicted molar refractivity (Wildman–Crippen MR) is 75.0 cm³/mol. The highest BCUT2D eigenvalue weighted by atomic mass is 16.5. The summed E-state index contributed by atoms with van der Waals surface area (Å²) in [6.07, 6.45) is 0.427. The molecule has 0 aromatic heterocycles. The highest BCUT2D eigenvalue weighted by Gasteiger charge is 2.09. The van der Waals surface area contributed by atoms with Crippen LogP contribution < -0.4 is 9.47 Å². The minimum Gasteiger partial charge on any atom is -0.493 e. The van der Waals surface area contributed by atoms with E-state index in [0.29, 0.717) is 19.0 Å². The predicted octanol–water partition coefficient (Wildman–Crippen LogP) is 2.42. The zero-order valence-corrected chi connectivity index (χ0v) is 12.2. The molecule has 2 unspecified atom stereocenters. The molecular formula is C15H24O4. The lowest BCUT2D eigenvalue weighted by Gasteiger charge is -2.17. The van der Waals surface area contributed by atoms with Crippen molar-refractivity contribution >= 4 is 0 Å². The topological polar surface area (TPSA) is 47.9 Å². The molecule has 4 heteroatoms. The molecule has 1 aromatic rings. The van der Waals surface area contributed by atoms with Crippen LogP contribution in [0.25, 0.3) is 0 Å². The number of aliphatic hydroxyl groups is 1. The summed E-state index contributed by atoms with van der Waals surface area (Å²) < 4.78 is 16.4. The van der Waals surface area contributed by atoms with E-state index in [9.17, 15) is 0 Å². The monoisotopic (exact) mass is 268 g/mol. The van der Waals surface area contributed by atoms with Crippen molar-refractivity contribution in [3.8, 4) is 11.5 Å². The zero-order chi connectivity index (χ0) is 14.3. The third kappa shape index (κ3) is 5.49. The standard InChI is InChI=1S/C15H24O4/c1-5-13-6-7-14(15(8-13)17-4)19-10-12(3)18-9-11(2)16/h6-8,11-12,16H,5,9-10H2,1-4H3. The average Bonchev–Trinajstić information content (AvgIpc) is 2.42. The molecule has 0 bridgehead atoms. The second-order valence-corrected chi connectivity index (χ2v) is 4.64. The first-order valence-corrected chi connectivity index (χ1v) is 6.66. The van der Waals surface area contributed by atoms with Gasteiger partial charge in [0.2, 0.25) is 0 Å². The minimum absolute atomic E-state index is 0.0786. The quantitative estimate of drug-likeness (QED) is 0.786. The Balaban J connectivity index is 2.52. The van der Waals surface area contributed by atoms with E-state index in [1.54, 1.807) is 14.0 Å². The molecule has 0 aliphatic carbocycles. The summed E-state index contributed by atoms with van der Waals surface area (Å²) in [4.78, 5) is 0. The van der Waals surface area contributed by atoms with Crippen LogP contribution in [0.2, 0.25) is 0 Å². The van der Waals surface area contributed by atoms with Crippen LogP contribution in [-0.2, 0) is 11.2 Å². The van der Waals surface area contributed by atoms with Crippen molar-refractivity contribution in [1.82, 2.24) is 0 Å². The van der Waals surface area contributed by atoms with Crippen LogP contribution in [0, 0.1) is 0 Å². The van der Waals surface area contributed by atoms with Gasteiger partial charge in [-0.25, -0.2) is 0 Å². The number of rotatable bonds is 8. The smallest absolute Gasteiger partial charge is 0.161 e. The molecular weight excluding hydrogens is 244 g/mol. The Bertz CT molecular complexity index is 376. The van der Waals surface area contributed by atoms with Gasteiger partial charge in [-0.15, -0.1) is 0 Å². The Labute approximate surface area is 115 Å². The summed E-state index contributed by atoms with van der Waals surface area (Å²) in [7, 11) is 1.63. The summed E-state index contributed by atoms with van der Waals surface area (Å²) in [5, 5.41) is 9.14. The van der Waals surface area contributed by atoms with Crippen LogP contribution in [0.3, 0.4) is 0 Å². The lowest BCUT2D eigenvalue weighted by Crippen LogP contribution is -2.22. The van der Waals surface area contributed by atoms with Crippen molar-refractivity contribution in [2.75, 3.05) is 20.3 Å². The molecule has 4 nitrogen and oxygen atoms in total. The van der Waals surface area contributed by atoms with Crippen LogP contribution in [-0.4, -0.2) is 37.6 Å². The van der Waals surface area contributed by atoms with Crippen LogP contribution >= 0.6 is 0 Å². The SMILES string of the molecule is CCc1ccc(OCC(C)OCC(C)O)c(OC)c1. The Morgan fingerprint density at radius 2 is 1.89 bits per heavy atom. The van der Waals surface area contributed by atoms with Gasteiger partial charge in [-0.1, -0.05) is 13.0 Å². The summed E-state index contributed by atoms with van der Waals surface area (Å²) in [5.41, 5.74) is 1.21. The van der Waals surface area contributed by atoms with Gasteiger partial charge < -0.3 is 19.3 Å². The lowest BCUT2D eigenvalue weighted by atomic mass is 10.1. The van der Waals surface area contributed by atoms with E-state index >= 15 is 0 Å². The summed E-state index contributed by atoms with van der Waals surface area (Å²) in [6.45, 7) is 6.45. The molecule has 0 saturated heterocycles. The van der Waals surface area contributed by atoms with Gasteiger partial charge in [-0.05, 0) is 38.0 Å². The first-order valence-electron chi connectivity index (χ1n) is 6.66. The third-order valence-electron chi connectivity index (χ3n) is 2.73. The van der Waals surface area contributed by atoms with Crippen LogP contribution in [0.15, 0.2) is 18.2 Å². The van der Waals surface area contributed by atoms with Gasteiger partial charge in [0, 0.05) is 0 Å². The minimum atomic E-state index is -0.458. The maximum Gasteiger partial charge on any atom is 0.161 e. The van der Waals surface area contributed by atoms with E-state index in [2.05, 4.69) is 6.92 Å². The number of aliphatic hydroxyl groups excluding tert-OH is 1. The molecule has 1 rings (SSSR count). The number of hydrogen-bond acceptors (Lipinski definition) is 4. The zero-order valence-electron chi connectivity index (χ0n) is 12.2. The first kappa shape index (κ1) is 15.8. The number of hydrogen-bond donors (Lipinski definition) is 1. The van der Waals surface area contributed by atoms with E-state index in [1.807, 2.05) is 25.1 Å². The highest BCUT2D eigenvalue weighted by Crippen LogP contribution is 2.28. The summed E-state index contributed by atoms with van der Waals surface area (Å²) in [5.74, 6) is 1.45. The van der Waals surface area contributed by atoms with Gasteiger partial charge in [0.1, 0.15) is 6.61 Å². The summed E-state index contributed by atoms with van der Waals surface area (Å²) >= 11 is 0. The Kier molecular flexibility index (Phi) is 6.67. The molecule has 0 heterocycles. The van der Waals surface area contributed by atoms with Crippen LogP contribution in [0.5, 0.6) is 11.5 Å². The van der Waals surface area contributed by atoms with Crippen molar-refractivity contribution in [2.24, 2.45) is 0 Å². The van der Waals surface area contributed by atoms with Gasteiger partial charge in [-0.3, -0.25) is 0 Å². The number of ether oxygens (including phenoxy) is 3. The fourth-order valence-corrected chi connectivity index (χ4v) is 1.61. The summed E-state index contributed by atoms with van der Waals surface area (Å²) in [6, 6.07) is 5.93. The molecule has 0 radical (unpaired) electrons. The van der Waals surface area contributed by atoms with Gasteiger partial charge >= 0.3 is 0 Å². The van der Waals surface area contributed by atoms with Gasteiger partial charge in [-0.2, -0.15) is 0 Å². The first-order chi connectivity index (χ1) is 9.06. The van der Waals surface area contributed by atoms with E-state index < -0.39 is 6.10 Å².